The molecule has 6 nitrogen and oxygen atoms in total. The third kappa shape index (κ3) is 4.39. The maximum atomic E-state index is 13.3. The molecule has 0 radical (unpaired) electrons. The van der Waals surface area contributed by atoms with Gasteiger partial charge in [0.2, 0.25) is 11.8 Å². The molecule has 1 fully saturated rings. The maximum absolute atomic E-state index is 13.3. The van der Waals surface area contributed by atoms with E-state index >= 15 is 0 Å². The Balaban J connectivity index is 1.37. The second kappa shape index (κ2) is 9.47. The van der Waals surface area contributed by atoms with E-state index in [2.05, 4.69) is 5.32 Å². The van der Waals surface area contributed by atoms with Crippen LogP contribution in [0.1, 0.15) is 41.8 Å². The number of hydrogen-bond donors (Lipinski definition) is 1. The Labute approximate surface area is 215 Å². The smallest absolute Gasteiger partial charge is 0.259 e. The van der Waals surface area contributed by atoms with Crippen molar-refractivity contribution in [3.05, 3.63) is 77.4 Å². The van der Waals surface area contributed by atoms with E-state index in [4.69, 9.17) is 0 Å². The average Bonchev–Trinajstić information content (AvgIpc) is 3.18. The summed E-state index contributed by atoms with van der Waals surface area (Å²) in [4.78, 5) is 44.5. The van der Waals surface area contributed by atoms with Crippen molar-refractivity contribution < 1.29 is 14.4 Å². The Bertz CT molecular complexity index is 1380. The molecule has 5 rings (SSSR count). The molecule has 1 saturated heterocycles. The minimum atomic E-state index is -0.431. The standard InChI is InChI=1S/C29H29N3O3S/c1-17(2)32-24-12-10-21(15-26(24)36-25-8-6-5-7-23(25)29(32)35)30-28(34)20-14-27(33)31(16-20)22-11-9-18(3)19(4)13-22/h5-13,15,17,20H,14,16H2,1-4H3,(H,30,34). The van der Waals surface area contributed by atoms with Crippen molar-refractivity contribution in [1.82, 2.24) is 0 Å². The van der Waals surface area contributed by atoms with Crippen LogP contribution < -0.4 is 15.1 Å². The van der Waals surface area contributed by atoms with Crippen LogP contribution in [0, 0.1) is 19.8 Å². The van der Waals surface area contributed by atoms with Gasteiger partial charge in [-0.3, -0.25) is 14.4 Å². The first kappa shape index (κ1) is 24.1. The van der Waals surface area contributed by atoms with E-state index in [0.717, 1.165) is 26.7 Å². The van der Waals surface area contributed by atoms with Gasteiger partial charge in [-0.05, 0) is 81.3 Å². The molecule has 0 aromatic heterocycles. The number of carbonyl (C=O) groups is 3. The van der Waals surface area contributed by atoms with E-state index in [9.17, 15) is 14.4 Å². The summed E-state index contributed by atoms with van der Waals surface area (Å²) in [6, 6.07) is 19.1. The van der Waals surface area contributed by atoms with Crippen molar-refractivity contribution in [2.75, 3.05) is 21.7 Å². The summed E-state index contributed by atoms with van der Waals surface area (Å²) in [6.45, 7) is 8.40. The van der Waals surface area contributed by atoms with Gasteiger partial charge >= 0.3 is 0 Å². The topological polar surface area (TPSA) is 69.7 Å². The van der Waals surface area contributed by atoms with Crippen LogP contribution in [0.4, 0.5) is 17.1 Å². The largest absolute Gasteiger partial charge is 0.326 e. The predicted octanol–water partition coefficient (Wildman–Crippen LogP) is 5.81. The fourth-order valence-corrected chi connectivity index (χ4v) is 5.85. The Morgan fingerprint density at radius 1 is 0.972 bits per heavy atom. The van der Waals surface area contributed by atoms with Crippen molar-refractivity contribution in [3.63, 3.8) is 0 Å². The van der Waals surface area contributed by atoms with Gasteiger partial charge in [0.15, 0.2) is 0 Å². The normalized spacial score (nSPS) is 17.2. The highest BCUT2D eigenvalue weighted by molar-refractivity contribution is 7.99. The molecule has 3 aromatic rings. The summed E-state index contributed by atoms with van der Waals surface area (Å²) in [5, 5.41) is 3.01. The molecule has 2 heterocycles. The molecule has 36 heavy (non-hydrogen) atoms. The zero-order chi connectivity index (χ0) is 25.6. The van der Waals surface area contributed by atoms with E-state index in [1.54, 1.807) is 9.80 Å². The lowest BCUT2D eigenvalue weighted by molar-refractivity contribution is -0.122. The van der Waals surface area contributed by atoms with Gasteiger partial charge in [-0.1, -0.05) is 30.0 Å². The number of anilines is 3. The number of benzene rings is 3. The molecule has 2 aliphatic heterocycles. The lowest BCUT2D eigenvalue weighted by atomic mass is 10.1. The van der Waals surface area contributed by atoms with E-state index in [0.29, 0.717) is 17.8 Å². The van der Waals surface area contributed by atoms with Gasteiger partial charge in [0.05, 0.1) is 17.2 Å². The quantitative estimate of drug-likeness (QED) is 0.492. The van der Waals surface area contributed by atoms with Gasteiger partial charge in [0, 0.05) is 40.2 Å². The molecular weight excluding hydrogens is 470 g/mol. The highest BCUT2D eigenvalue weighted by Gasteiger charge is 2.35. The molecule has 184 valence electrons. The van der Waals surface area contributed by atoms with Crippen molar-refractivity contribution >= 4 is 46.5 Å². The first-order valence-corrected chi connectivity index (χ1v) is 13.0. The van der Waals surface area contributed by atoms with E-state index in [-0.39, 0.29) is 30.2 Å². The Morgan fingerprint density at radius 3 is 2.50 bits per heavy atom. The van der Waals surface area contributed by atoms with Crippen LogP contribution in [0.15, 0.2) is 70.5 Å². The van der Waals surface area contributed by atoms with Crippen LogP contribution in [0.3, 0.4) is 0 Å². The minimum absolute atomic E-state index is 0.0238. The molecule has 2 aliphatic rings. The number of amides is 3. The van der Waals surface area contributed by atoms with Crippen molar-refractivity contribution in [1.29, 1.82) is 0 Å². The van der Waals surface area contributed by atoms with Crippen LogP contribution in [0.2, 0.25) is 0 Å². The fraction of sp³-hybridized carbons (Fsp3) is 0.276. The molecular formula is C29H29N3O3S. The van der Waals surface area contributed by atoms with Gasteiger partial charge < -0.3 is 15.1 Å². The Morgan fingerprint density at radius 2 is 1.75 bits per heavy atom. The van der Waals surface area contributed by atoms with Crippen molar-refractivity contribution in [2.45, 2.75) is 49.9 Å². The number of hydrogen-bond acceptors (Lipinski definition) is 4. The summed E-state index contributed by atoms with van der Waals surface area (Å²) >= 11 is 1.53. The van der Waals surface area contributed by atoms with Gasteiger partial charge in [-0.2, -0.15) is 0 Å². The third-order valence-electron chi connectivity index (χ3n) is 6.86. The fourth-order valence-electron chi connectivity index (χ4n) is 4.75. The molecule has 0 bridgehead atoms. The van der Waals surface area contributed by atoms with E-state index in [1.165, 1.54) is 17.3 Å². The number of nitrogens with one attached hydrogen (secondary N) is 1. The van der Waals surface area contributed by atoms with Crippen molar-refractivity contribution in [3.8, 4) is 0 Å². The summed E-state index contributed by atoms with van der Waals surface area (Å²) in [6.07, 6.45) is 0.182. The molecule has 3 aromatic carbocycles. The van der Waals surface area contributed by atoms with Crippen LogP contribution in [0.5, 0.6) is 0 Å². The van der Waals surface area contributed by atoms with E-state index < -0.39 is 5.92 Å². The first-order chi connectivity index (χ1) is 17.2. The zero-order valence-corrected chi connectivity index (χ0v) is 21.7. The second-order valence-corrected chi connectivity index (χ2v) is 10.8. The number of carbonyl (C=O) groups excluding carboxylic acids is 3. The molecule has 0 aliphatic carbocycles. The number of rotatable bonds is 4. The van der Waals surface area contributed by atoms with E-state index in [1.807, 2.05) is 88.4 Å². The number of aryl methyl sites for hydroxylation is 2. The number of nitrogens with zero attached hydrogens (tertiary/aromatic N) is 2. The summed E-state index contributed by atoms with van der Waals surface area (Å²) < 4.78 is 0. The lowest BCUT2D eigenvalue weighted by Crippen LogP contribution is -2.37. The zero-order valence-electron chi connectivity index (χ0n) is 20.9. The van der Waals surface area contributed by atoms with Gasteiger partial charge in [0.25, 0.3) is 5.91 Å². The average molecular weight is 500 g/mol. The summed E-state index contributed by atoms with van der Waals surface area (Å²) in [5.41, 5.74) is 5.27. The molecule has 1 unspecified atom stereocenters. The molecule has 1 atom stereocenters. The highest BCUT2D eigenvalue weighted by atomic mass is 32.2. The maximum Gasteiger partial charge on any atom is 0.259 e. The highest BCUT2D eigenvalue weighted by Crippen LogP contribution is 2.43. The molecule has 3 amide bonds. The minimum Gasteiger partial charge on any atom is -0.326 e. The first-order valence-electron chi connectivity index (χ1n) is 12.2. The molecule has 0 saturated carbocycles. The summed E-state index contributed by atoms with van der Waals surface area (Å²) in [5.74, 6) is -0.677. The van der Waals surface area contributed by atoms with Gasteiger partial charge in [-0.25, -0.2) is 0 Å². The van der Waals surface area contributed by atoms with Crippen LogP contribution in [-0.4, -0.2) is 30.3 Å². The third-order valence-corrected chi connectivity index (χ3v) is 7.98. The van der Waals surface area contributed by atoms with Crippen molar-refractivity contribution in [2.24, 2.45) is 5.92 Å². The number of fused-ring (bicyclic) bond motifs is 2. The predicted molar refractivity (Wildman–Crippen MR) is 144 cm³/mol. The lowest BCUT2D eigenvalue weighted by Gasteiger charge is -2.27. The second-order valence-electron chi connectivity index (χ2n) is 9.71. The van der Waals surface area contributed by atoms with Gasteiger partial charge in [-0.15, -0.1) is 0 Å². The molecule has 0 spiro atoms. The van der Waals surface area contributed by atoms with Crippen LogP contribution in [0.25, 0.3) is 0 Å². The molecule has 7 heteroatoms. The Kier molecular flexibility index (Phi) is 6.35. The Hall–Kier alpha value is -3.58. The SMILES string of the molecule is Cc1ccc(N2CC(C(=O)Nc3ccc4c(c3)Sc3ccccc3C(=O)N4C(C)C)CC2=O)cc1C. The van der Waals surface area contributed by atoms with Gasteiger partial charge in [0.1, 0.15) is 0 Å². The van der Waals surface area contributed by atoms with Crippen LogP contribution in [-0.2, 0) is 9.59 Å². The summed E-state index contributed by atoms with van der Waals surface area (Å²) in [7, 11) is 0. The van der Waals surface area contributed by atoms with Crippen LogP contribution >= 0.6 is 11.8 Å². The monoisotopic (exact) mass is 499 g/mol. The molecule has 1 N–H and O–H groups in total.